The van der Waals surface area contributed by atoms with Gasteiger partial charge in [-0.15, -0.1) is 0 Å². The SMILES string of the molecule is CC(C)ON=C1CC=CC=C1CC=O. The van der Waals surface area contributed by atoms with E-state index < -0.39 is 0 Å². The van der Waals surface area contributed by atoms with Crippen LogP contribution >= 0.6 is 0 Å². The van der Waals surface area contributed by atoms with Crippen molar-refractivity contribution in [2.75, 3.05) is 0 Å². The summed E-state index contributed by atoms with van der Waals surface area (Å²) in [5.74, 6) is 0. The van der Waals surface area contributed by atoms with E-state index in [9.17, 15) is 4.79 Å². The Hall–Kier alpha value is -1.38. The molecule has 0 fully saturated rings. The van der Waals surface area contributed by atoms with Gasteiger partial charge in [-0.05, 0) is 19.4 Å². The lowest BCUT2D eigenvalue weighted by Crippen LogP contribution is -2.08. The zero-order chi connectivity index (χ0) is 10.4. The number of hydrogen-bond acceptors (Lipinski definition) is 3. The Morgan fingerprint density at radius 2 is 2.43 bits per heavy atom. The molecule has 0 amide bonds. The monoisotopic (exact) mass is 193 g/mol. The highest BCUT2D eigenvalue weighted by molar-refractivity contribution is 6.03. The minimum Gasteiger partial charge on any atom is -0.393 e. The molecule has 0 aromatic rings. The second-order valence-electron chi connectivity index (χ2n) is 3.39. The number of carbonyl (C=O) groups excluding carboxylic acids is 1. The summed E-state index contributed by atoms with van der Waals surface area (Å²) in [6, 6.07) is 0. The molecule has 0 heterocycles. The Morgan fingerprint density at radius 1 is 1.64 bits per heavy atom. The van der Waals surface area contributed by atoms with Crippen molar-refractivity contribution in [3.8, 4) is 0 Å². The molecule has 0 N–H and O–H groups in total. The first kappa shape index (κ1) is 10.7. The van der Waals surface area contributed by atoms with Crippen molar-refractivity contribution in [3.63, 3.8) is 0 Å². The van der Waals surface area contributed by atoms with Gasteiger partial charge < -0.3 is 9.63 Å². The third-order valence-electron chi connectivity index (χ3n) is 1.79. The Labute approximate surface area is 84.1 Å². The van der Waals surface area contributed by atoms with Crippen molar-refractivity contribution < 1.29 is 9.63 Å². The van der Waals surface area contributed by atoms with Crippen LogP contribution < -0.4 is 0 Å². The van der Waals surface area contributed by atoms with E-state index in [1.165, 1.54) is 0 Å². The molecule has 1 rings (SSSR count). The van der Waals surface area contributed by atoms with Gasteiger partial charge in [0.2, 0.25) is 0 Å². The van der Waals surface area contributed by atoms with Crippen molar-refractivity contribution in [2.24, 2.45) is 5.16 Å². The molecule has 0 saturated carbocycles. The molecule has 0 bridgehead atoms. The lowest BCUT2D eigenvalue weighted by Gasteiger charge is -2.10. The summed E-state index contributed by atoms with van der Waals surface area (Å²) in [6.45, 7) is 3.84. The summed E-state index contributed by atoms with van der Waals surface area (Å²) >= 11 is 0. The van der Waals surface area contributed by atoms with Gasteiger partial charge in [-0.2, -0.15) is 0 Å². The van der Waals surface area contributed by atoms with Crippen molar-refractivity contribution in [1.29, 1.82) is 0 Å². The van der Waals surface area contributed by atoms with E-state index in [2.05, 4.69) is 5.16 Å². The summed E-state index contributed by atoms with van der Waals surface area (Å²) in [4.78, 5) is 15.6. The molecule has 1 aliphatic carbocycles. The van der Waals surface area contributed by atoms with Gasteiger partial charge in [0, 0.05) is 12.8 Å². The quantitative estimate of drug-likeness (QED) is 0.507. The average Bonchev–Trinajstić information content (AvgIpc) is 2.17. The van der Waals surface area contributed by atoms with Gasteiger partial charge in [-0.25, -0.2) is 0 Å². The third-order valence-corrected chi connectivity index (χ3v) is 1.79. The highest BCUT2D eigenvalue weighted by atomic mass is 16.6. The van der Waals surface area contributed by atoms with Gasteiger partial charge in [0.1, 0.15) is 12.4 Å². The van der Waals surface area contributed by atoms with E-state index in [1.54, 1.807) is 0 Å². The van der Waals surface area contributed by atoms with E-state index in [0.717, 1.165) is 24.0 Å². The zero-order valence-corrected chi connectivity index (χ0v) is 8.56. The smallest absolute Gasteiger partial charge is 0.124 e. The second kappa shape index (κ2) is 5.37. The molecule has 0 aromatic heterocycles. The van der Waals surface area contributed by atoms with E-state index in [0.29, 0.717) is 6.42 Å². The molecule has 1 aliphatic rings. The molecule has 0 aliphatic heterocycles. The number of rotatable bonds is 4. The van der Waals surface area contributed by atoms with Gasteiger partial charge >= 0.3 is 0 Å². The maximum atomic E-state index is 10.4. The standard InChI is InChI=1S/C11H15NO2/c1-9(2)14-12-11-6-4-3-5-10(11)7-8-13/h3-5,8-9H,6-7H2,1-2H3. The predicted octanol–water partition coefficient (Wildman–Crippen LogP) is 2.24. The summed E-state index contributed by atoms with van der Waals surface area (Å²) in [6.07, 6.45) is 7.95. The molecule has 14 heavy (non-hydrogen) atoms. The number of nitrogens with zero attached hydrogens (tertiary/aromatic N) is 1. The molecule has 0 atom stereocenters. The van der Waals surface area contributed by atoms with Crippen LogP contribution in [0.2, 0.25) is 0 Å². The molecular formula is C11H15NO2. The molecule has 0 spiro atoms. The van der Waals surface area contributed by atoms with E-state index in [-0.39, 0.29) is 6.10 Å². The van der Waals surface area contributed by atoms with Crippen LogP contribution in [0.25, 0.3) is 0 Å². The van der Waals surface area contributed by atoms with Crippen LogP contribution in [0.3, 0.4) is 0 Å². The van der Waals surface area contributed by atoms with Gasteiger partial charge in [0.15, 0.2) is 0 Å². The molecular weight excluding hydrogens is 178 g/mol. The van der Waals surface area contributed by atoms with Crippen molar-refractivity contribution in [3.05, 3.63) is 23.8 Å². The molecule has 0 aromatic carbocycles. The lowest BCUT2D eigenvalue weighted by molar-refractivity contribution is -0.107. The highest BCUT2D eigenvalue weighted by Crippen LogP contribution is 2.13. The molecule has 3 heteroatoms. The lowest BCUT2D eigenvalue weighted by atomic mass is 10.0. The van der Waals surface area contributed by atoms with Crippen LogP contribution in [0.1, 0.15) is 26.7 Å². The predicted molar refractivity (Wildman–Crippen MR) is 56.2 cm³/mol. The maximum absolute atomic E-state index is 10.4. The largest absolute Gasteiger partial charge is 0.393 e. The van der Waals surface area contributed by atoms with Crippen LogP contribution in [0.5, 0.6) is 0 Å². The Morgan fingerprint density at radius 3 is 3.07 bits per heavy atom. The van der Waals surface area contributed by atoms with Crippen LogP contribution in [-0.4, -0.2) is 18.1 Å². The number of allylic oxidation sites excluding steroid dienone is 4. The Balaban J connectivity index is 2.67. The third kappa shape index (κ3) is 3.17. The van der Waals surface area contributed by atoms with Gasteiger partial charge in [-0.1, -0.05) is 23.4 Å². The van der Waals surface area contributed by atoms with Gasteiger partial charge in [0.05, 0.1) is 5.71 Å². The maximum Gasteiger partial charge on any atom is 0.124 e. The Bertz CT molecular complexity index is 288. The van der Waals surface area contributed by atoms with Crippen molar-refractivity contribution in [2.45, 2.75) is 32.8 Å². The van der Waals surface area contributed by atoms with Crippen LogP contribution in [0.4, 0.5) is 0 Å². The van der Waals surface area contributed by atoms with Crippen LogP contribution in [0.15, 0.2) is 29.0 Å². The first-order chi connectivity index (χ1) is 6.74. The normalized spacial score (nSPS) is 18.5. The minimum atomic E-state index is 0.0749. The Kier molecular flexibility index (Phi) is 4.11. The molecule has 76 valence electrons. The van der Waals surface area contributed by atoms with E-state index in [1.807, 2.05) is 32.1 Å². The fourth-order valence-corrected chi connectivity index (χ4v) is 1.13. The summed E-state index contributed by atoms with van der Waals surface area (Å²) in [7, 11) is 0. The number of carbonyl (C=O) groups is 1. The van der Waals surface area contributed by atoms with Crippen molar-refractivity contribution in [1.82, 2.24) is 0 Å². The first-order valence-corrected chi connectivity index (χ1v) is 4.76. The fraction of sp³-hybridized carbons (Fsp3) is 0.455. The zero-order valence-electron chi connectivity index (χ0n) is 8.56. The van der Waals surface area contributed by atoms with E-state index in [4.69, 9.17) is 4.84 Å². The van der Waals surface area contributed by atoms with Gasteiger partial charge in [-0.3, -0.25) is 0 Å². The molecule has 0 saturated heterocycles. The number of oxime groups is 1. The van der Waals surface area contributed by atoms with E-state index >= 15 is 0 Å². The fourth-order valence-electron chi connectivity index (χ4n) is 1.13. The average molecular weight is 193 g/mol. The van der Waals surface area contributed by atoms with Crippen LogP contribution in [0, 0.1) is 0 Å². The molecule has 0 unspecified atom stereocenters. The second-order valence-corrected chi connectivity index (χ2v) is 3.39. The summed E-state index contributed by atoms with van der Waals surface area (Å²) in [5, 5.41) is 4.02. The summed E-state index contributed by atoms with van der Waals surface area (Å²) in [5.41, 5.74) is 1.80. The molecule has 0 radical (unpaired) electrons. The van der Waals surface area contributed by atoms with Crippen molar-refractivity contribution >= 4 is 12.0 Å². The highest BCUT2D eigenvalue weighted by Gasteiger charge is 2.08. The van der Waals surface area contributed by atoms with Crippen LogP contribution in [-0.2, 0) is 9.63 Å². The molecule has 3 nitrogen and oxygen atoms in total. The topological polar surface area (TPSA) is 38.7 Å². The summed E-state index contributed by atoms with van der Waals surface area (Å²) < 4.78 is 0. The minimum absolute atomic E-state index is 0.0749. The first-order valence-electron chi connectivity index (χ1n) is 4.76. The number of hydrogen-bond donors (Lipinski definition) is 0. The van der Waals surface area contributed by atoms with Gasteiger partial charge in [0.25, 0.3) is 0 Å². The number of aldehydes is 1.